The summed E-state index contributed by atoms with van der Waals surface area (Å²) in [5.74, 6) is 8.45. The third-order valence-corrected chi connectivity index (χ3v) is 21.5. The summed E-state index contributed by atoms with van der Waals surface area (Å²) in [7, 11) is 1.80. The van der Waals surface area contributed by atoms with E-state index < -0.39 is 0 Å². The zero-order valence-corrected chi connectivity index (χ0v) is 42.7. The van der Waals surface area contributed by atoms with E-state index in [-0.39, 0.29) is 25.7 Å². The van der Waals surface area contributed by atoms with Crippen molar-refractivity contribution in [1.82, 2.24) is 20.4 Å². The van der Waals surface area contributed by atoms with Crippen LogP contribution in [-0.4, -0.2) is 112 Å². The number of fused-ring (bicyclic) bond motifs is 2. The van der Waals surface area contributed by atoms with Gasteiger partial charge in [-0.15, -0.1) is 0 Å². The molecule has 70 heavy (non-hydrogen) atoms. The second-order valence-electron chi connectivity index (χ2n) is 24.4. The smallest absolute Gasteiger partial charge is 1.00 e. The van der Waals surface area contributed by atoms with Crippen LogP contribution < -0.4 is 50.4 Å². The minimum Gasteiger partial charge on any atom is -1.00 e. The van der Waals surface area contributed by atoms with Crippen LogP contribution in [0.2, 0.25) is 0 Å². The van der Waals surface area contributed by atoms with Crippen molar-refractivity contribution < 1.29 is 39.6 Å². The molecule has 3 aromatic rings. The predicted molar refractivity (Wildman–Crippen MR) is 273 cm³/mol. The van der Waals surface area contributed by atoms with Gasteiger partial charge < -0.3 is 42.8 Å². The zero-order chi connectivity index (χ0) is 46.5. The Morgan fingerprint density at radius 2 is 1.29 bits per heavy atom. The van der Waals surface area contributed by atoms with Gasteiger partial charge in [0.25, 0.3) is 0 Å². The van der Waals surface area contributed by atoms with Crippen LogP contribution >= 0.6 is 0 Å². The van der Waals surface area contributed by atoms with Crippen molar-refractivity contribution in [3.05, 3.63) is 82.9 Å². The molecule has 13 aliphatic rings. The Hall–Kier alpha value is -2.62. The van der Waals surface area contributed by atoms with Crippen molar-refractivity contribution >= 4 is 0 Å². The van der Waals surface area contributed by atoms with Crippen LogP contribution in [0.15, 0.2) is 60.7 Å². The molecular weight excluding hydrogens is 864 g/mol. The Morgan fingerprint density at radius 3 is 1.86 bits per heavy atom. The molecule has 8 bridgehead atoms. The van der Waals surface area contributed by atoms with Gasteiger partial charge in [-0.05, 0) is 222 Å². The zero-order valence-electron chi connectivity index (χ0n) is 43.7. The molecule has 7 N–H and O–H groups in total. The molecule has 3 aromatic carbocycles. The third kappa shape index (κ3) is 7.40. The number of piperidine rings is 2. The van der Waals surface area contributed by atoms with Gasteiger partial charge in [-0.2, -0.15) is 0 Å². The molecule has 12 atom stereocenters. The van der Waals surface area contributed by atoms with E-state index in [1.165, 1.54) is 153 Å². The first kappa shape index (κ1) is 48.3. The van der Waals surface area contributed by atoms with Gasteiger partial charge in [-0.1, -0.05) is 30.3 Å². The molecule has 12 unspecified atom stereocenters. The van der Waals surface area contributed by atoms with E-state index in [0.717, 1.165) is 78.1 Å². The normalized spacial score (nSPS) is 39.2. The number of methoxy groups -OCH3 is 1. The maximum Gasteiger partial charge on any atom is 1.00 e. The molecule has 6 saturated carbocycles. The maximum absolute atomic E-state index is 10.4. The Balaban J connectivity index is 0.000000131. The maximum atomic E-state index is 10.4. The molecule has 5 heterocycles. The minimum absolute atomic E-state index is 0. The SMILES string of the molecule is C1CCOC1.COc1ccc2c(c1Oc1ccccc1)C13CCN(CC4CC4)C(C2)C12CCC1NCC(C2)C13.NCCN.Oc1ccc2c(c1)C13CCN(CC4CC4)C(C2)C12CCC1NCC(C2)C13.[H-].[Li+]. The summed E-state index contributed by atoms with van der Waals surface area (Å²) >= 11 is 0. The largest absolute Gasteiger partial charge is 1.00 e. The number of aromatic hydroxyl groups is 1. The van der Waals surface area contributed by atoms with Crippen LogP contribution in [0.5, 0.6) is 23.0 Å². The summed E-state index contributed by atoms with van der Waals surface area (Å²) in [5.41, 5.74) is 17.4. The standard InChI is InChI=1S/C30H36N2O2.C23H30N2O.C4H8O.C2H8N2.Li.H/c1-33-24-10-9-20-15-25-29-12-11-23-26(21(16-29)17-31-23)30(29,13-14-32(25)18-19-7-8-19)27(20)28(24)34-22-5-3-2-4-6-22;26-17-4-3-15-9-20-22-6-5-19-21(16(11-22)12-24-19)23(22,18(15)10-17)7-8-25(20)13-14-1-2-14;1-2-4-5-3-1;3-1-2-4;;/h2-6,9-10,19,21,23,25-26,31H,7-8,11-18H2,1H3;3-4,10,14,16,19-21,24,26H,1-2,5-9,11-13H2;1-4H2;1-4H2;;/q;;;;+1;-1. The molecule has 0 radical (unpaired) electrons. The molecule has 8 aliphatic carbocycles. The summed E-state index contributed by atoms with van der Waals surface area (Å²) in [5, 5.41) is 18.2. The summed E-state index contributed by atoms with van der Waals surface area (Å²) in [4.78, 5) is 5.89. The Morgan fingerprint density at radius 1 is 0.714 bits per heavy atom. The number of para-hydroxylation sites is 1. The fourth-order valence-electron chi connectivity index (χ4n) is 19.0. The van der Waals surface area contributed by atoms with Gasteiger partial charge >= 0.3 is 18.9 Å². The van der Waals surface area contributed by atoms with Crippen molar-refractivity contribution in [3.63, 3.8) is 0 Å². The molecule has 0 aromatic heterocycles. The van der Waals surface area contributed by atoms with E-state index in [2.05, 4.69) is 75.0 Å². The van der Waals surface area contributed by atoms with E-state index in [0.29, 0.717) is 47.2 Å². The van der Waals surface area contributed by atoms with Crippen LogP contribution in [-0.2, 0) is 28.4 Å². The van der Waals surface area contributed by atoms with Crippen molar-refractivity contribution in [2.24, 2.45) is 57.8 Å². The monoisotopic (exact) mass is 947 g/mol. The van der Waals surface area contributed by atoms with E-state index >= 15 is 0 Å². The molecule has 11 fully saturated rings. The number of ether oxygens (including phenoxy) is 3. The quantitative estimate of drug-likeness (QED) is 0.196. The molecule has 0 amide bonds. The van der Waals surface area contributed by atoms with E-state index in [4.69, 9.17) is 25.7 Å². The number of likely N-dealkylation sites (tertiary alicyclic amines) is 2. The van der Waals surface area contributed by atoms with Crippen LogP contribution in [0.25, 0.3) is 0 Å². The number of benzene rings is 3. The van der Waals surface area contributed by atoms with E-state index in [1.54, 1.807) is 18.2 Å². The topological polar surface area (TPSA) is 130 Å². The van der Waals surface area contributed by atoms with Crippen molar-refractivity contribution in [2.45, 2.75) is 138 Å². The van der Waals surface area contributed by atoms with Gasteiger partial charge in [0, 0.05) is 80.0 Å². The second kappa shape index (κ2) is 18.9. The van der Waals surface area contributed by atoms with Crippen LogP contribution in [0, 0.1) is 46.3 Å². The number of nitrogens with zero attached hydrogens (tertiary/aromatic N) is 2. The fourth-order valence-corrected chi connectivity index (χ4v) is 19.0. The van der Waals surface area contributed by atoms with Crippen LogP contribution in [0.1, 0.15) is 114 Å². The number of nitrogens with two attached hydrogens (primary N) is 2. The van der Waals surface area contributed by atoms with Gasteiger partial charge in [0.15, 0.2) is 11.5 Å². The minimum atomic E-state index is 0. The summed E-state index contributed by atoms with van der Waals surface area (Å²) in [6, 6.07) is 24.1. The number of phenols is 1. The fraction of sp³-hybridized carbons (Fsp3) is 0.695. The van der Waals surface area contributed by atoms with Crippen LogP contribution in [0.3, 0.4) is 0 Å². The molecular formula is C59H83LiN6O4. The molecule has 10 nitrogen and oxygen atoms in total. The molecule has 11 heteroatoms. The van der Waals surface area contributed by atoms with Crippen molar-refractivity contribution in [2.75, 3.05) is 72.7 Å². The van der Waals surface area contributed by atoms with Gasteiger partial charge in [-0.3, -0.25) is 9.80 Å². The average Bonchev–Trinajstić information content (AvgIpc) is 4.10. The number of rotatable bonds is 8. The summed E-state index contributed by atoms with van der Waals surface area (Å²) in [6.07, 6.45) is 21.7. The number of nitrogens with one attached hydrogen (secondary N) is 2. The number of phenolic OH excluding ortho intramolecular Hbond substituents is 1. The van der Waals surface area contributed by atoms with E-state index in [9.17, 15) is 5.11 Å². The van der Waals surface area contributed by atoms with Crippen LogP contribution in [0.4, 0.5) is 0 Å². The predicted octanol–water partition coefficient (Wildman–Crippen LogP) is 5.03. The molecule has 374 valence electrons. The summed E-state index contributed by atoms with van der Waals surface area (Å²) in [6.45, 7) is 10.9. The number of hydrogen-bond donors (Lipinski definition) is 5. The van der Waals surface area contributed by atoms with Gasteiger partial charge in [-0.25, -0.2) is 0 Å². The van der Waals surface area contributed by atoms with E-state index in [1.807, 2.05) is 6.07 Å². The second-order valence-corrected chi connectivity index (χ2v) is 24.4. The summed E-state index contributed by atoms with van der Waals surface area (Å²) < 4.78 is 17.7. The molecule has 5 aliphatic heterocycles. The van der Waals surface area contributed by atoms with Gasteiger partial charge in [0.1, 0.15) is 11.5 Å². The number of hydrogen-bond acceptors (Lipinski definition) is 10. The third-order valence-electron chi connectivity index (χ3n) is 21.5. The Bertz CT molecular complexity index is 2360. The first-order valence-electron chi connectivity index (χ1n) is 28.0. The Labute approximate surface area is 432 Å². The molecule has 5 saturated heterocycles. The molecule has 16 rings (SSSR count). The van der Waals surface area contributed by atoms with Gasteiger partial charge in [0.05, 0.1) is 7.11 Å². The van der Waals surface area contributed by atoms with Gasteiger partial charge in [0.2, 0.25) is 0 Å². The Kier molecular flexibility index (Phi) is 13.1. The van der Waals surface area contributed by atoms with Crippen molar-refractivity contribution in [3.8, 4) is 23.0 Å². The molecule has 0 spiro atoms. The van der Waals surface area contributed by atoms with Crippen molar-refractivity contribution in [1.29, 1.82) is 0 Å². The first-order chi connectivity index (χ1) is 33.9. The first-order valence-corrected chi connectivity index (χ1v) is 28.0. The average molecular weight is 947 g/mol.